The maximum Gasteiger partial charge on any atom is 0.337 e. The van der Waals surface area contributed by atoms with Crippen LogP contribution < -0.4 is 10.6 Å². The molecule has 1 aromatic heterocycles. The van der Waals surface area contributed by atoms with Crippen molar-refractivity contribution in [1.82, 2.24) is 5.32 Å². The molecule has 0 spiro atoms. The summed E-state index contributed by atoms with van der Waals surface area (Å²) in [5.41, 5.74) is 2.85. The fourth-order valence-corrected chi connectivity index (χ4v) is 5.21. The van der Waals surface area contributed by atoms with Gasteiger partial charge in [-0.25, -0.2) is 4.79 Å². The molecule has 1 aromatic carbocycles. The van der Waals surface area contributed by atoms with Crippen LogP contribution in [0.3, 0.4) is 0 Å². The molecule has 33 heavy (non-hydrogen) atoms. The Hall–Kier alpha value is -2.99. The number of rotatable bonds is 8. The zero-order valence-corrected chi connectivity index (χ0v) is 20.5. The van der Waals surface area contributed by atoms with Gasteiger partial charge in [0.15, 0.2) is 0 Å². The number of carbonyl (C=O) groups excluding carboxylic acids is 2. The fraction of sp³-hybridized carbons (Fsp3) is 0.208. The van der Waals surface area contributed by atoms with Crippen molar-refractivity contribution < 1.29 is 14.3 Å². The third-order valence-electron chi connectivity index (χ3n) is 4.85. The van der Waals surface area contributed by atoms with E-state index in [1.165, 1.54) is 29.2 Å². The van der Waals surface area contributed by atoms with Crippen LogP contribution in [0.2, 0.25) is 5.02 Å². The fourth-order valence-electron chi connectivity index (χ4n) is 3.30. The van der Waals surface area contributed by atoms with Crippen LogP contribution in [-0.4, -0.2) is 24.2 Å². The molecule has 6 nitrogen and oxygen atoms in total. The Morgan fingerprint density at radius 3 is 2.85 bits per heavy atom. The highest BCUT2D eigenvalue weighted by molar-refractivity contribution is 8.03. The van der Waals surface area contributed by atoms with E-state index in [2.05, 4.69) is 23.3 Å². The Morgan fingerprint density at radius 1 is 1.39 bits per heavy atom. The van der Waals surface area contributed by atoms with E-state index in [9.17, 15) is 14.9 Å². The van der Waals surface area contributed by atoms with Crippen molar-refractivity contribution >= 4 is 52.3 Å². The molecule has 0 fully saturated rings. The number of aryl methyl sites for hydroxylation is 1. The van der Waals surface area contributed by atoms with Crippen LogP contribution in [-0.2, 0) is 14.3 Å². The number of nitrogens with one attached hydrogen (secondary N) is 2. The second-order valence-corrected chi connectivity index (χ2v) is 9.55. The van der Waals surface area contributed by atoms with Crippen LogP contribution in [0.5, 0.6) is 0 Å². The molecule has 3 rings (SSSR count). The Morgan fingerprint density at radius 2 is 2.18 bits per heavy atom. The van der Waals surface area contributed by atoms with E-state index in [4.69, 9.17) is 16.3 Å². The number of anilines is 1. The summed E-state index contributed by atoms with van der Waals surface area (Å²) in [6.07, 6.45) is 1.49. The number of nitrogens with zero attached hydrogens (tertiary/aromatic N) is 1. The number of ether oxygens (including phenoxy) is 1. The van der Waals surface area contributed by atoms with Crippen molar-refractivity contribution in [2.24, 2.45) is 0 Å². The lowest BCUT2D eigenvalue weighted by molar-refractivity contribution is -0.138. The van der Waals surface area contributed by atoms with Crippen molar-refractivity contribution in [3.05, 3.63) is 85.7 Å². The molecule has 9 heteroatoms. The predicted molar refractivity (Wildman–Crippen MR) is 134 cm³/mol. The molecule has 1 aliphatic rings. The quantitative estimate of drug-likeness (QED) is 0.367. The molecule has 1 atom stereocenters. The van der Waals surface area contributed by atoms with Crippen molar-refractivity contribution in [3.8, 4) is 6.07 Å². The first-order valence-electron chi connectivity index (χ1n) is 9.98. The lowest BCUT2D eigenvalue weighted by atomic mass is 9.87. The van der Waals surface area contributed by atoms with E-state index >= 15 is 0 Å². The van der Waals surface area contributed by atoms with Gasteiger partial charge in [0.25, 0.3) is 0 Å². The highest BCUT2D eigenvalue weighted by Gasteiger charge is 2.36. The van der Waals surface area contributed by atoms with Gasteiger partial charge in [-0.15, -0.1) is 11.3 Å². The minimum atomic E-state index is -0.575. The third-order valence-corrected chi connectivity index (χ3v) is 7.04. The zero-order valence-electron chi connectivity index (χ0n) is 18.1. The number of halogens is 1. The first-order chi connectivity index (χ1) is 15.8. The van der Waals surface area contributed by atoms with E-state index in [-0.39, 0.29) is 18.3 Å². The zero-order chi connectivity index (χ0) is 24.0. The molecule has 0 saturated heterocycles. The van der Waals surface area contributed by atoms with E-state index in [0.29, 0.717) is 32.6 Å². The van der Waals surface area contributed by atoms with Gasteiger partial charge in [0.05, 0.1) is 33.9 Å². The largest absolute Gasteiger partial charge is 0.458 e. The molecule has 0 bridgehead atoms. The van der Waals surface area contributed by atoms with Gasteiger partial charge < -0.3 is 15.4 Å². The SMILES string of the molecule is C=CCOC(=O)C1=C(C)NC(SCC(=O)Nc2cc(Cl)ccc2C)=C(C#N)[C@H]1c1cccs1. The summed E-state index contributed by atoms with van der Waals surface area (Å²) in [7, 11) is 0. The van der Waals surface area contributed by atoms with Crippen LogP contribution in [0, 0.1) is 18.3 Å². The average Bonchev–Trinajstić information content (AvgIpc) is 3.32. The van der Waals surface area contributed by atoms with E-state index in [1.807, 2.05) is 30.5 Å². The number of nitriles is 1. The normalized spacial score (nSPS) is 15.5. The van der Waals surface area contributed by atoms with Gasteiger partial charge in [-0.05, 0) is 43.0 Å². The minimum absolute atomic E-state index is 0.0696. The number of carbonyl (C=O) groups is 2. The number of benzene rings is 1. The first kappa shape index (κ1) is 24.6. The number of hydrogen-bond acceptors (Lipinski definition) is 7. The van der Waals surface area contributed by atoms with E-state index in [1.54, 1.807) is 19.1 Å². The molecule has 2 heterocycles. The minimum Gasteiger partial charge on any atom is -0.458 e. The highest BCUT2D eigenvalue weighted by Crippen LogP contribution is 2.42. The van der Waals surface area contributed by atoms with Gasteiger partial charge in [0, 0.05) is 21.3 Å². The van der Waals surface area contributed by atoms with Crippen LogP contribution >= 0.6 is 34.7 Å². The average molecular weight is 500 g/mol. The van der Waals surface area contributed by atoms with E-state index < -0.39 is 11.9 Å². The standard InChI is InChI=1S/C24H22ClN3O3S2/c1-4-9-31-24(30)21-15(3)27-23(17(12-26)22(21)19-6-5-10-32-19)33-13-20(29)28-18-11-16(25)8-7-14(18)2/h4-8,10-11,22,27H,1,9,13H2,2-3H3,(H,28,29)/t22-/m0/s1. The summed E-state index contributed by atoms with van der Waals surface area (Å²) >= 11 is 8.69. The van der Waals surface area contributed by atoms with Crippen LogP contribution in [0.25, 0.3) is 0 Å². The molecule has 2 N–H and O–H groups in total. The Balaban J connectivity index is 1.84. The second kappa shape index (κ2) is 11.2. The van der Waals surface area contributed by atoms with Gasteiger partial charge in [-0.1, -0.05) is 48.2 Å². The number of thioether (sulfide) groups is 1. The molecule has 2 aromatic rings. The van der Waals surface area contributed by atoms with Gasteiger partial charge in [-0.3, -0.25) is 4.79 Å². The number of thiophene rings is 1. The highest BCUT2D eigenvalue weighted by atomic mass is 35.5. The molecule has 1 aliphatic heterocycles. The number of allylic oxidation sites excluding steroid dienone is 2. The Bertz CT molecular complexity index is 1180. The van der Waals surface area contributed by atoms with Crippen molar-refractivity contribution in [2.45, 2.75) is 19.8 Å². The van der Waals surface area contributed by atoms with Crippen molar-refractivity contribution in [3.63, 3.8) is 0 Å². The lowest BCUT2D eigenvalue weighted by Crippen LogP contribution is -2.29. The number of hydrogen-bond donors (Lipinski definition) is 2. The molecule has 0 unspecified atom stereocenters. The van der Waals surface area contributed by atoms with Gasteiger partial charge >= 0.3 is 5.97 Å². The summed E-state index contributed by atoms with van der Waals surface area (Å²) in [4.78, 5) is 26.2. The Labute approximate surface area is 206 Å². The third kappa shape index (κ3) is 5.88. The monoisotopic (exact) mass is 499 g/mol. The molecular formula is C24H22ClN3O3S2. The number of esters is 1. The van der Waals surface area contributed by atoms with Crippen molar-refractivity contribution in [1.29, 1.82) is 5.26 Å². The lowest BCUT2D eigenvalue weighted by Gasteiger charge is -2.28. The topological polar surface area (TPSA) is 91.2 Å². The smallest absolute Gasteiger partial charge is 0.337 e. The summed E-state index contributed by atoms with van der Waals surface area (Å²) in [6.45, 7) is 7.28. The maximum atomic E-state index is 12.8. The van der Waals surface area contributed by atoms with Gasteiger partial charge in [-0.2, -0.15) is 5.26 Å². The maximum absolute atomic E-state index is 12.8. The molecular weight excluding hydrogens is 478 g/mol. The summed E-state index contributed by atoms with van der Waals surface area (Å²) in [5, 5.41) is 18.9. The molecule has 0 radical (unpaired) electrons. The van der Waals surface area contributed by atoms with E-state index in [0.717, 1.165) is 10.4 Å². The molecule has 0 aliphatic carbocycles. The summed E-state index contributed by atoms with van der Waals surface area (Å²) in [6, 6.07) is 11.3. The summed E-state index contributed by atoms with van der Waals surface area (Å²) < 4.78 is 5.28. The van der Waals surface area contributed by atoms with Crippen LogP contribution in [0.15, 0.2) is 70.2 Å². The molecule has 170 valence electrons. The van der Waals surface area contributed by atoms with Crippen LogP contribution in [0.4, 0.5) is 5.69 Å². The number of dihydropyridines is 1. The van der Waals surface area contributed by atoms with Crippen LogP contribution in [0.1, 0.15) is 23.3 Å². The van der Waals surface area contributed by atoms with Crippen molar-refractivity contribution in [2.75, 3.05) is 17.7 Å². The molecule has 1 amide bonds. The van der Waals surface area contributed by atoms with Gasteiger partial charge in [0.1, 0.15) is 6.61 Å². The van der Waals surface area contributed by atoms with Gasteiger partial charge in [0.2, 0.25) is 5.91 Å². The predicted octanol–water partition coefficient (Wildman–Crippen LogP) is 5.51. The number of amides is 1. The Kier molecular flexibility index (Phi) is 8.39. The second-order valence-electron chi connectivity index (χ2n) is 7.15. The molecule has 0 saturated carbocycles. The first-order valence-corrected chi connectivity index (χ1v) is 12.2. The summed E-state index contributed by atoms with van der Waals surface area (Å²) in [5.74, 6) is -1.25.